The second kappa shape index (κ2) is 6.51. The summed E-state index contributed by atoms with van der Waals surface area (Å²) in [5.41, 5.74) is 0.179. The number of halogens is 2. The van der Waals surface area contributed by atoms with E-state index in [-0.39, 0.29) is 18.0 Å². The fraction of sp³-hybridized carbons (Fsp3) is 0.462. The number of aliphatic hydroxyl groups is 1. The molecule has 0 aliphatic carbocycles. The van der Waals surface area contributed by atoms with Gasteiger partial charge in [-0.05, 0) is 25.0 Å². The number of β-amino-alcohol motifs (C(OH)–C–C–N with tert-alkyl or cyclic N) is 1. The molecule has 2 amide bonds. The van der Waals surface area contributed by atoms with Crippen LogP contribution in [0.1, 0.15) is 12.8 Å². The molecule has 0 spiro atoms. The van der Waals surface area contributed by atoms with Gasteiger partial charge in [0.25, 0.3) is 0 Å². The molecule has 0 saturated carbocycles. The van der Waals surface area contributed by atoms with Crippen LogP contribution in [0.25, 0.3) is 0 Å². The van der Waals surface area contributed by atoms with Crippen molar-refractivity contribution in [3.8, 4) is 5.75 Å². The quantitative estimate of drug-likeness (QED) is 0.896. The summed E-state index contributed by atoms with van der Waals surface area (Å²) in [5, 5.41) is 12.0. The van der Waals surface area contributed by atoms with Crippen LogP contribution in [-0.4, -0.2) is 41.8 Å². The van der Waals surface area contributed by atoms with Gasteiger partial charge in [0.05, 0.1) is 11.8 Å². The average Bonchev–Trinajstić information content (AvgIpc) is 2.40. The Kier molecular flexibility index (Phi) is 4.73. The van der Waals surface area contributed by atoms with Gasteiger partial charge in [-0.3, -0.25) is 0 Å². The molecular weight excluding hydrogens is 270 g/mol. The van der Waals surface area contributed by atoms with Gasteiger partial charge >= 0.3 is 12.6 Å². The molecule has 1 aromatic carbocycles. The smallest absolute Gasteiger partial charge is 0.387 e. The molecule has 0 bridgehead atoms. The lowest BCUT2D eigenvalue weighted by molar-refractivity contribution is -0.0493. The summed E-state index contributed by atoms with van der Waals surface area (Å²) in [7, 11) is 0. The number of ether oxygens (including phenoxy) is 1. The van der Waals surface area contributed by atoms with Crippen LogP contribution in [0.2, 0.25) is 0 Å². The van der Waals surface area contributed by atoms with Gasteiger partial charge in [-0.1, -0.05) is 12.1 Å². The lowest BCUT2D eigenvalue weighted by atomic mass is 10.1. The molecule has 1 aromatic rings. The number of likely N-dealkylation sites (tertiary alicyclic amines) is 1. The molecule has 1 aliphatic heterocycles. The van der Waals surface area contributed by atoms with Crippen molar-refractivity contribution < 1.29 is 23.4 Å². The maximum absolute atomic E-state index is 12.3. The number of nitrogens with one attached hydrogen (secondary N) is 1. The first-order chi connectivity index (χ1) is 9.56. The molecule has 5 nitrogen and oxygen atoms in total. The van der Waals surface area contributed by atoms with Crippen LogP contribution in [0.4, 0.5) is 19.3 Å². The van der Waals surface area contributed by atoms with E-state index in [1.807, 2.05) is 0 Å². The van der Waals surface area contributed by atoms with Crippen molar-refractivity contribution >= 4 is 11.7 Å². The molecule has 7 heteroatoms. The number of benzene rings is 1. The minimum absolute atomic E-state index is 0.0894. The molecule has 110 valence electrons. The maximum Gasteiger partial charge on any atom is 0.387 e. The minimum atomic E-state index is -2.95. The molecule has 1 unspecified atom stereocenters. The second-order valence-corrected chi connectivity index (χ2v) is 4.55. The summed E-state index contributed by atoms with van der Waals surface area (Å²) in [6, 6.07) is 5.55. The van der Waals surface area contributed by atoms with Crippen molar-refractivity contribution in [3.63, 3.8) is 0 Å². The third kappa shape index (κ3) is 3.80. The number of carbonyl (C=O) groups is 1. The number of anilines is 1. The van der Waals surface area contributed by atoms with Crippen LogP contribution >= 0.6 is 0 Å². The maximum atomic E-state index is 12.3. The van der Waals surface area contributed by atoms with Crippen molar-refractivity contribution in [1.82, 2.24) is 4.90 Å². The summed E-state index contributed by atoms with van der Waals surface area (Å²) in [6.07, 6.45) is 0.834. The van der Waals surface area contributed by atoms with Crippen LogP contribution in [0.5, 0.6) is 5.75 Å². The summed E-state index contributed by atoms with van der Waals surface area (Å²) in [5.74, 6) is -0.0894. The summed E-state index contributed by atoms with van der Waals surface area (Å²) >= 11 is 0. The number of hydrogen-bond donors (Lipinski definition) is 2. The molecule has 0 radical (unpaired) electrons. The van der Waals surface area contributed by atoms with Crippen molar-refractivity contribution in [1.29, 1.82) is 0 Å². The second-order valence-electron chi connectivity index (χ2n) is 4.55. The van der Waals surface area contributed by atoms with Gasteiger partial charge in [0.1, 0.15) is 5.75 Å². The molecule has 20 heavy (non-hydrogen) atoms. The molecule has 2 N–H and O–H groups in total. The summed E-state index contributed by atoms with van der Waals surface area (Å²) in [4.78, 5) is 13.5. The lowest BCUT2D eigenvalue weighted by Gasteiger charge is -2.30. The Morgan fingerprint density at radius 3 is 2.90 bits per heavy atom. The highest BCUT2D eigenvalue weighted by Gasteiger charge is 2.22. The van der Waals surface area contributed by atoms with Crippen molar-refractivity contribution in [2.24, 2.45) is 0 Å². The van der Waals surface area contributed by atoms with Crippen LogP contribution < -0.4 is 10.1 Å². The number of rotatable bonds is 3. The first-order valence-electron chi connectivity index (χ1n) is 6.34. The molecule has 1 fully saturated rings. The minimum Gasteiger partial charge on any atom is -0.433 e. The van der Waals surface area contributed by atoms with E-state index < -0.39 is 18.7 Å². The molecule has 1 saturated heterocycles. The lowest BCUT2D eigenvalue weighted by Crippen LogP contribution is -2.44. The van der Waals surface area contributed by atoms with Gasteiger partial charge in [-0.25, -0.2) is 4.79 Å². The molecule has 1 heterocycles. The standard InChI is InChI=1S/C13H16F2N2O3/c14-12(15)20-11-6-2-1-5-10(11)16-13(19)17-7-3-4-9(18)8-17/h1-2,5-6,9,12,18H,3-4,7-8H2,(H,16,19). The van der Waals surface area contributed by atoms with Crippen LogP contribution in [0, 0.1) is 0 Å². The fourth-order valence-electron chi connectivity index (χ4n) is 2.10. The summed E-state index contributed by atoms with van der Waals surface area (Å²) < 4.78 is 28.9. The Balaban J connectivity index is 2.03. The highest BCUT2D eigenvalue weighted by atomic mass is 19.3. The van der Waals surface area contributed by atoms with E-state index in [0.29, 0.717) is 19.4 Å². The molecule has 0 aromatic heterocycles. The number of carbonyl (C=O) groups excluding carboxylic acids is 1. The Morgan fingerprint density at radius 2 is 2.20 bits per heavy atom. The van der Waals surface area contributed by atoms with Crippen molar-refractivity contribution in [3.05, 3.63) is 24.3 Å². The third-order valence-corrected chi connectivity index (χ3v) is 3.03. The number of para-hydroxylation sites is 2. The predicted molar refractivity (Wildman–Crippen MR) is 68.9 cm³/mol. The number of alkyl halides is 2. The van der Waals surface area contributed by atoms with Crippen molar-refractivity contribution in [2.75, 3.05) is 18.4 Å². The van der Waals surface area contributed by atoms with Gasteiger partial charge in [-0.15, -0.1) is 0 Å². The topological polar surface area (TPSA) is 61.8 Å². The zero-order valence-electron chi connectivity index (χ0n) is 10.8. The van der Waals surface area contributed by atoms with Gasteiger partial charge in [0.15, 0.2) is 0 Å². The fourth-order valence-corrected chi connectivity index (χ4v) is 2.10. The normalized spacial score (nSPS) is 19.0. The van der Waals surface area contributed by atoms with Gasteiger partial charge in [-0.2, -0.15) is 8.78 Å². The van der Waals surface area contributed by atoms with Gasteiger partial charge in [0.2, 0.25) is 0 Å². The zero-order chi connectivity index (χ0) is 14.5. The Bertz CT molecular complexity index is 471. The zero-order valence-corrected chi connectivity index (χ0v) is 10.8. The van der Waals surface area contributed by atoms with E-state index in [0.717, 1.165) is 0 Å². The first-order valence-corrected chi connectivity index (χ1v) is 6.34. The molecule has 2 rings (SSSR count). The van der Waals surface area contributed by atoms with E-state index in [9.17, 15) is 18.7 Å². The van der Waals surface area contributed by atoms with Crippen LogP contribution in [0.15, 0.2) is 24.3 Å². The number of hydrogen-bond acceptors (Lipinski definition) is 3. The Labute approximate surface area is 115 Å². The van der Waals surface area contributed by atoms with Gasteiger partial charge < -0.3 is 20.1 Å². The number of aliphatic hydroxyl groups excluding tert-OH is 1. The van der Waals surface area contributed by atoms with Crippen LogP contribution in [-0.2, 0) is 0 Å². The van der Waals surface area contributed by atoms with Crippen LogP contribution in [0.3, 0.4) is 0 Å². The van der Waals surface area contributed by atoms with E-state index in [2.05, 4.69) is 10.1 Å². The van der Waals surface area contributed by atoms with E-state index in [1.165, 1.54) is 23.1 Å². The molecule has 1 atom stereocenters. The average molecular weight is 286 g/mol. The Morgan fingerprint density at radius 1 is 1.45 bits per heavy atom. The van der Waals surface area contributed by atoms with E-state index in [1.54, 1.807) is 6.07 Å². The summed E-state index contributed by atoms with van der Waals surface area (Å²) in [6.45, 7) is -2.19. The SMILES string of the molecule is O=C(Nc1ccccc1OC(F)F)N1CCCC(O)C1. The highest BCUT2D eigenvalue weighted by Crippen LogP contribution is 2.26. The highest BCUT2D eigenvalue weighted by molar-refractivity contribution is 5.91. The van der Waals surface area contributed by atoms with E-state index in [4.69, 9.17) is 0 Å². The number of amides is 2. The van der Waals surface area contributed by atoms with Crippen molar-refractivity contribution in [2.45, 2.75) is 25.6 Å². The number of urea groups is 1. The predicted octanol–water partition coefficient (Wildman–Crippen LogP) is 2.28. The Hall–Kier alpha value is -1.89. The largest absolute Gasteiger partial charge is 0.433 e. The monoisotopic (exact) mass is 286 g/mol. The molecule has 1 aliphatic rings. The third-order valence-electron chi connectivity index (χ3n) is 3.03. The van der Waals surface area contributed by atoms with Gasteiger partial charge in [0, 0.05) is 13.1 Å². The first kappa shape index (κ1) is 14.5. The van der Waals surface area contributed by atoms with E-state index >= 15 is 0 Å². The number of nitrogens with zero attached hydrogens (tertiary/aromatic N) is 1. The molecular formula is C13H16F2N2O3. The number of piperidine rings is 1.